The van der Waals surface area contributed by atoms with Crippen molar-refractivity contribution >= 4 is 5.69 Å². The first kappa shape index (κ1) is 14.0. The number of nitro groups is 1. The molecule has 5 heteroatoms. The molecule has 2 aromatic rings. The molecule has 2 N–H and O–H groups in total. The average Bonchev–Trinajstić information content (AvgIpc) is 2.43. The van der Waals surface area contributed by atoms with Gasteiger partial charge in [0.15, 0.2) is 0 Å². The normalized spacial score (nSPS) is 10.3. The Kier molecular flexibility index (Phi) is 4.00. The lowest BCUT2D eigenvalue weighted by Gasteiger charge is -2.12. The molecule has 0 unspecified atom stereocenters. The van der Waals surface area contributed by atoms with Crippen molar-refractivity contribution in [3.8, 4) is 11.5 Å². The number of nitro benzene ring substituents is 1. The molecule has 20 heavy (non-hydrogen) atoms. The van der Waals surface area contributed by atoms with Gasteiger partial charge in [0.1, 0.15) is 11.5 Å². The number of aryl methyl sites for hydroxylation is 2. The van der Waals surface area contributed by atoms with E-state index in [-0.39, 0.29) is 5.69 Å². The van der Waals surface area contributed by atoms with E-state index in [1.165, 1.54) is 12.1 Å². The summed E-state index contributed by atoms with van der Waals surface area (Å²) < 4.78 is 5.84. The van der Waals surface area contributed by atoms with Crippen LogP contribution in [0.1, 0.15) is 16.7 Å². The molecule has 2 rings (SSSR count). The van der Waals surface area contributed by atoms with Gasteiger partial charge in [0.25, 0.3) is 5.69 Å². The predicted molar refractivity (Wildman–Crippen MR) is 77.0 cm³/mol. The smallest absolute Gasteiger partial charge is 0.269 e. The number of hydrogen-bond acceptors (Lipinski definition) is 4. The van der Waals surface area contributed by atoms with Crippen molar-refractivity contribution in [1.82, 2.24) is 0 Å². The van der Waals surface area contributed by atoms with Crippen molar-refractivity contribution in [3.63, 3.8) is 0 Å². The van der Waals surface area contributed by atoms with E-state index in [4.69, 9.17) is 10.5 Å². The summed E-state index contributed by atoms with van der Waals surface area (Å²) in [4.78, 5) is 10.3. The third-order valence-corrected chi connectivity index (χ3v) is 3.08. The average molecular weight is 272 g/mol. The molecule has 0 heterocycles. The van der Waals surface area contributed by atoms with Crippen LogP contribution in [-0.2, 0) is 6.54 Å². The van der Waals surface area contributed by atoms with Crippen LogP contribution in [0.25, 0.3) is 0 Å². The summed E-state index contributed by atoms with van der Waals surface area (Å²) in [5.41, 5.74) is 8.35. The molecule has 0 aliphatic heterocycles. The Morgan fingerprint density at radius 1 is 1.10 bits per heavy atom. The van der Waals surface area contributed by atoms with Crippen molar-refractivity contribution in [2.24, 2.45) is 5.73 Å². The van der Waals surface area contributed by atoms with Crippen LogP contribution in [0.2, 0.25) is 0 Å². The topological polar surface area (TPSA) is 78.4 Å². The Balaban J connectivity index is 2.32. The van der Waals surface area contributed by atoms with E-state index in [1.54, 1.807) is 13.0 Å². The largest absolute Gasteiger partial charge is 0.457 e. The predicted octanol–water partition coefficient (Wildman–Crippen LogP) is 3.46. The van der Waals surface area contributed by atoms with Gasteiger partial charge >= 0.3 is 0 Å². The van der Waals surface area contributed by atoms with Crippen LogP contribution in [0, 0.1) is 24.0 Å². The minimum Gasteiger partial charge on any atom is -0.457 e. The number of benzene rings is 2. The number of ether oxygens (including phenoxy) is 1. The van der Waals surface area contributed by atoms with E-state index in [0.29, 0.717) is 18.0 Å². The molecule has 0 aromatic heterocycles. The summed E-state index contributed by atoms with van der Waals surface area (Å²) in [7, 11) is 0. The maximum absolute atomic E-state index is 10.7. The van der Waals surface area contributed by atoms with Crippen LogP contribution in [-0.4, -0.2) is 4.92 Å². The molecular weight excluding hydrogens is 256 g/mol. The summed E-state index contributed by atoms with van der Waals surface area (Å²) in [6.07, 6.45) is 0. The van der Waals surface area contributed by atoms with Gasteiger partial charge in [-0.3, -0.25) is 10.1 Å². The lowest BCUT2D eigenvalue weighted by atomic mass is 10.1. The van der Waals surface area contributed by atoms with Crippen LogP contribution in [0.4, 0.5) is 5.69 Å². The molecule has 0 radical (unpaired) electrons. The third kappa shape index (κ3) is 2.95. The van der Waals surface area contributed by atoms with E-state index in [0.717, 1.165) is 16.7 Å². The summed E-state index contributed by atoms with van der Waals surface area (Å²) in [5, 5.41) is 10.7. The molecular formula is C15H16N2O3. The number of hydrogen-bond donors (Lipinski definition) is 1. The van der Waals surface area contributed by atoms with Crippen molar-refractivity contribution < 1.29 is 9.66 Å². The standard InChI is InChI=1S/C15H16N2O3/c1-10-3-4-12(9-16)8-15(10)20-14-6-5-13(17(18)19)7-11(14)2/h3-8H,9,16H2,1-2H3. The lowest BCUT2D eigenvalue weighted by Crippen LogP contribution is -1.98. The monoisotopic (exact) mass is 272 g/mol. The van der Waals surface area contributed by atoms with Crippen LogP contribution in [0.15, 0.2) is 36.4 Å². The molecule has 0 saturated heterocycles. The van der Waals surface area contributed by atoms with Gasteiger partial charge in [-0.15, -0.1) is 0 Å². The van der Waals surface area contributed by atoms with Gasteiger partial charge in [-0.1, -0.05) is 12.1 Å². The Morgan fingerprint density at radius 3 is 2.45 bits per heavy atom. The first-order valence-electron chi connectivity index (χ1n) is 6.23. The summed E-state index contributed by atoms with van der Waals surface area (Å²) in [5.74, 6) is 1.32. The highest BCUT2D eigenvalue weighted by molar-refractivity contribution is 5.46. The van der Waals surface area contributed by atoms with Gasteiger partial charge in [-0.25, -0.2) is 0 Å². The van der Waals surface area contributed by atoms with Crippen LogP contribution >= 0.6 is 0 Å². The highest BCUT2D eigenvalue weighted by Gasteiger charge is 2.10. The molecule has 0 spiro atoms. The molecule has 0 saturated carbocycles. The second kappa shape index (κ2) is 5.71. The first-order chi connectivity index (χ1) is 9.51. The molecule has 0 aliphatic carbocycles. The zero-order valence-corrected chi connectivity index (χ0v) is 11.4. The minimum absolute atomic E-state index is 0.0577. The third-order valence-electron chi connectivity index (χ3n) is 3.08. The highest BCUT2D eigenvalue weighted by atomic mass is 16.6. The van der Waals surface area contributed by atoms with E-state index in [2.05, 4.69) is 0 Å². The summed E-state index contributed by atoms with van der Waals surface area (Å²) in [6, 6.07) is 10.3. The second-order valence-corrected chi connectivity index (χ2v) is 4.61. The van der Waals surface area contributed by atoms with Gasteiger partial charge < -0.3 is 10.5 Å². The van der Waals surface area contributed by atoms with Crippen LogP contribution in [0.3, 0.4) is 0 Å². The van der Waals surface area contributed by atoms with Gasteiger partial charge in [0.2, 0.25) is 0 Å². The number of non-ortho nitro benzene ring substituents is 1. The fourth-order valence-electron chi connectivity index (χ4n) is 1.86. The van der Waals surface area contributed by atoms with Crippen LogP contribution in [0.5, 0.6) is 11.5 Å². The summed E-state index contributed by atoms with van der Waals surface area (Å²) >= 11 is 0. The Hall–Kier alpha value is -2.40. The molecule has 104 valence electrons. The Morgan fingerprint density at radius 2 is 1.85 bits per heavy atom. The van der Waals surface area contributed by atoms with E-state index >= 15 is 0 Å². The molecule has 5 nitrogen and oxygen atoms in total. The molecule has 0 bridgehead atoms. The molecule has 2 aromatic carbocycles. The van der Waals surface area contributed by atoms with Crippen molar-refractivity contribution in [3.05, 3.63) is 63.2 Å². The quantitative estimate of drug-likeness (QED) is 0.682. The zero-order valence-electron chi connectivity index (χ0n) is 11.4. The minimum atomic E-state index is -0.420. The number of nitrogens with zero attached hydrogens (tertiary/aromatic N) is 1. The first-order valence-corrected chi connectivity index (χ1v) is 6.23. The van der Waals surface area contributed by atoms with Crippen molar-refractivity contribution in [2.45, 2.75) is 20.4 Å². The van der Waals surface area contributed by atoms with Gasteiger partial charge in [0, 0.05) is 18.7 Å². The van der Waals surface area contributed by atoms with E-state index in [9.17, 15) is 10.1 Å². The highest BCUT2D eigenvalue weighted by Crippen LogP contribution is 2.30. The van der Waals surface area contributed by atoms with Gasteiger partial charge in [-0.2, -0.15) is 0 Å². The second-order valence-electron chi connectivity index (χ2n) is 4.61. The maximum Gasteiger partial charge on any atom is 0.269 e. The molecule has 0 atom stereocenters. The zero-order chi connectivity index (χ0) is 14.7. The van der Waals surface area contributed by atoms with Crippen molar-refractivity contribution in [1.29, 1.82) is 0 Å². The summed E-state index contributed by atoms with van der Waals surface area (Å²) in [6.45, 7) is 4.16. The Bertz CT molecular complexity index is 654. The van der Waals surface area contributed by atoms with Gasteiger partial charge in [0.05, 0.1) is 4.92 Å². The lowest BCUT2D eigenvalue weighted by molar-refractivity contribution is -0.384. The SMILES string of the molecule is Cc1cc([N+](=O)[O-])ccc1Oc1cc(CN)ccc1C. The molecule has 0 aliphatic rings. The van der Waals surface area contributed by atoms with Crippen LogP contribution < -0.4 is 10.5 Å². The fraction of sp³-hybridized carbons (Fsp3) is 0.200. The number of rotatable bonds is 4. The molecule has 0 fully saturated rings. The Labute approximate surface area is 117 Å². The molecule has 0 amide bonds. The fourth-order valence-corrected chi connectivity index (χ4v) is 1.86. The maximum atomic E-state index is 10.7. The van der Waals surface area contributed by atoms with Crippen molar-refractivity contribution in [2.75, 3.05) is 0 Å². The van der Waals surface area contributed by atoms with Gasteiger partial charge in [-0.05, 0) is 42.7 Å². The van der Waals surface area contributed by atoms with E-state index < -0.39 is 4.92 Å². The van der Waals surface area contributed by atoms with E-state index in [1.807, 2.05) is 25.1 Å². The number of nitrogens with two attached hydrogens (primary N) is 1.